The molecular weight excluding hydrogens is 509 g/mol. The highest BCUT2D eigenvalue weighted by molar-refractivity contribution is 6.32. The van der Waals surface area contributed by atoms with Gasteiger partial charge in [0.2, 0.25) is 0 Å². The Bertz CT molecular complexity index is 1580. The molecule has 3 atom stereocenters. The summed E-state index contributed by atoms with van der Waals surface area (Å²) in [6.07, 6.45) is 3.53. The van der Waals surface area contributed by atoms with Crippen LogP contribution in [0.15, 0.2) is 66.7 Å². The van der Waals surface area contributed by atoms with Crippen LogP contribution in [0.4, 0.5) is 10.1 Å². The summed E-state index contributed by atoms with van der Waals surface area (Å²) in [7, 11) is 3.05. The van der Waals surface area contributed by atoms with Crippen molar-refractivity contribution in [3.63, 3.8) is 0 Å². The third kappa shape index (κ3) is 3.36. The van der Waals surface area contributed by atoms with Crippen LogP contribution in [0, 0.1) is 16.6 Å². The molecule has 6 nitrogen and oxygen atoms in total. The standard InChI is InChI=1S/C33H30FNO5/c1-32(2,3)31(38)28-27(23-13-12-20(39-4)17-25(23)40-5)33(29(36)21-8-6-7-9-22(21)30(33)37)26-15-10-18-16-19(34)11-14-24(18)35(26)28/h6-17,26-28H,1-5H3/t26-,27+,28-/m1/s1. The molecule has 0 N–H and O–H groups in total. The highest BCUT2D eigenvalue weighted by Gasteiger charge is 2.72. The quantitative estimate of drug-likeness (QED) is 0.385. The fourth-order valence-electron chi connectivity index (χ4n) is 6.81. The number of fused-ring (bicyclic) bond motifs is 5. The maximum Gasteiger partial charge on any atom is 0.180 e. The van der Waals surface area contributed by atoms with E-state index in [2.05, 4.69) is 0 Å². The molecule has 3 aliphatic rings. The SMILES string of the molecule is COc1ccc([C@H]2[C@H](C(=O)C(C)(C)C)N3c4ccc(F)cc4C=C[C@@H]3C23C(=O)c2ccccc2C3=O)c(OC)c1. The number of benzene rings is 3. The summed E-state index contributed by atoms with van der Waals surface area (Å²) < 4.78 is 25.6. The van der Waals surface area contributed by atoms with Gasteiger partial charge in [0.05, 0.1) is 26.3 Å². The minimum atomic E-state index is -1.65. The van der Waals surface area contributed by atoms with Gasteiger partial charge in [0.25, 0.3) is 0 Å². The molecule has 7 heteroatoms. The van der Waals surface area contributed by atoms with Gasteiger partial charge in [-0.05, 0) is 24.3 Å². The Balaban J connectivity index is 1.72. The molecule has 1 aliphatic carbocycles. The molecule has 0 amide bonds. The van der Waals surface area contributed by atoms with Gasteiger partial charge in [-0.1, -0.05) is 63.3 Å². The van der Waals surface area contributed by atoms with Crippen LogP contribution >= 0.6 is 0 Å². The molecular formula is C33H30FNO5. The van der Waals surface area contributed by atoms with Crippen molar-refractivity contribution in [3.8, 4) is 11.5 Å². The van der Waals surface area contributed by atoms with Gasteiger partial charge in [-0.15, -0.1) is 0 Å². The molecule has 0 unspecified atom stereocenters. The van der Waals surface area contributed by atoms with Crippen molar-refractivity contribution in [1.82, 2.24) is 0 Å². The molecule has 0 saturated carbocycles. The molecule has 40 heavy (non-hydrogen) atoms. The molecule has 1 spiro atoms. The predicted molar refractivity (Wildman–Crippen MR) is 150 cm³/mol. The average Bonchev–Trinajstić information content (AvgIpc) is 3.37. The van der Waals surface area contributed by atoms with Crippen molar-refractivity contribution < 1.29 is 28.2 Å². The van der Waals surface area contributed by atoms with Gasteiger partial charge in [0, 0.05) is 45.3 Å². The van der Waals surface area contributed by atoms with Crippen molar-refractivity contribution in [2.24, 2.45) is 10.8 Å². The second-order valence-corrected chi connectivity index (χ2v) is 11.6. The molecule has 204 valence electrons. The maximum absolute atomic E-state index is 14.7. The molecule has 2 heterocycles. The summed E-state index contributed by atoms with van der Waals surface area (Å²) in [5, 5.41) is 0. The second-order valence-electron chi connectivity index (χ2n) is 11.6. The van der Waals surface area contributed by atoms with Gasteiger partial charge >= 0.3 is 0 Å². The summed E-state index contributed by atoms with van der Waals surface area (Å²) in [6.45, 7) is 5.49. The predicted octanol–water partition coefficient (Wildman–Crippen LogP) is 5.89. The van der Waals surface area contributed by atoms with Gasteiger partial charge < -0.3 is 14.4 Å². The number of ketones is 3. The molecule has 0 bridgehead atoms. The van der Waals surface area contributed by atoms with Crippen LogP contribution < -0.4 is 14.4 Å². The first-order chi connectivity index (χ1) is 19.0. The Morgan fingerprint density at radius 2 is 1.60 bits per heavy atom. The Labute approximate surface area is 232 Å². The van der Waals surface area contributed by atoms with E-state index < -0.39 is 34.6 Å². The number of carbonyl (C=O) groups excluding carboxylic acids is 3. The first-order valence-corrected chi connectivity index (χ1v) is 13.3. The number of hydrogen-bond acceptors (Lipinski definition) is 6. The van der Waals surface area contributed by atoms with Crippen molar-refractivity contribution in [2.45, 2.75) is 38.8 Å². The van der Waals surface area contributed by atoms with Crippen LogP contribution in [-0.4, -0.2) is 43.7 Å². The number of Topliss-reactive ketones (excluding diaryl/α,β-unsaturated/α-hetero) is 3. The number of nitrogens with zero attached hydrogens (tertiary/aromatic N) is 1. The summed E-state index contributed by atoms with van der Waals surface area (Å²) >= 11 is 0. The molecule has 3 aromatic rings. The van der Waals surface area contributed by atoms with E-state index in [9.17, 15) is 18.8 Å². The summed E-state index contributed by atoms with van der Waals surface area (Å²) in [4.78, 5) is 45.7. The van der Waals surface area contributed by atoms with Crippen molar-refractivity contribution in [3.05, 3.63) is 94.8 Å². The minimum Gasteiger partial charge on any atom is -0.497 e. The monoisotopic (exact) mass is 539 g/mol. The van der Waals surface area contributed by atoms with E-state index in [1.165, 1.54) is 19.2 Å². The molecule has 0 aromatic heterocycles. The number of halogens is 1. The molecule has 2 aliphatic heterocycles. The zero-order chi connectivity index (χ0) is 28.6. The van der Waals surface area contributed by atoms with E-state index in [0.29, 0.717) is 39.4 Å². The highest BCUT2D eigenvalue weighted by atomic mass is 19.1. The maximum atomic E-state index is 14.7. The summed E-state index contributed by atoms with van der Waals surface area (Å²) in [5.74, 6) is -1.16. The van der Waals surface area contributed by atoms with E-state index in [1.54, 1.807) is 67.8 Å². The average molecular weight is 540 g/mol. The Morgan fingerprint density at radius 3 is 2.20 bits per heavy atom. The van der Waals surface area contributed by atoms with Crippen LogP contribution in [-0.2, 0) is 4.79 Å². The van der Waals surface area contributed by atoms with Crippen LogP contribution in [0.3, 0.4) is 0 Å². The van der Waals surface area contributed by atoms with E-state index >= 15 is 0 Å². The molecule has 3 aromatic carbocycles. The number of carbonyl (C=O) groups is 3. The molecule has 0 radical (unpaired) electrons. The Morgan fingerprint density at radius 1 is 0.925 bits per heavy atom. The van der Waals surface area contributed by atoms with Gasteiger partial charge in [-0.25, -0.2) is 4.39 Å². The number of anilines is 1. The van der Waals surface area contributed by atoms with Gasteiger partial charge in [0.15, 0.2) is 17.3 Å². The number of methoxy groups -OCH3 is 2. The van der Waals surface area contributed by atoms with Gasteiger partial charge in [-0.2, -0.15) is 0 Å². The Hall–Kier alpha value is -4.26. The fraction of sp³-hybridized carbons (Fsp3) is 0.303. The zero-order valence-corrected chi connectivity index (χ0v) is 23.0. The minimum absolute atomic E-state index is 0.139. The smallest absolute Gasteiger partial charge is 0.180 e. The third-order valence-electron chi connectivity index (χ3n) is 8.55. The normalized spacial score (nSPS) is 22.2. The van der Waals surface area contributed by atoms with Crippen LogP contribution in [0.2, 0.25) is 0 Å². The summed E-state index contributed by atoms with van der Waals surface area (Å²) in [5.41, 5.74) is -0.0542. The van der Waals surface area contributed by atoms with E-state index in [4.69, 9.17) is 9.47 Å². The first kappa shape index (κ1) is 26.0. The van der Waals surface area contributed by atoms with E-state index in [-0.39, 0.29) is 17.3 Å². The summed E-state index contributed by atoms with van der Waals surface area (Å²) in [6, 6.07) is 14.7. The van der Waals surface area contributed by atoms with Crippen LogP contribution in [0.1, 0.15) is 58.5 Å². The second kappa shape index (κ2) is 8.88. The highest BCUT2D eigenvalue weighted by Crippen LogP contribution is 2.62. The van der Waals surface area contributed by atoms with Gasteiger partial charge in [0.1, 0.15) is 22.7 Å². The zero-order valence-electron chi connectivity index (χ0n) is 23.0. The topological polar surface area (TPSA) is 72.9 Å². The fourth-order valence-corrected chi connectivity index (χ4v) is 6.81. The Kier molecular flexibility index (Phi) is 5.77. The van der Waals surface area contributed by atoms with Crippen molar-refractivity contribution in [1.29, 1.82) is 0 Å². The number of ether oxygens (including phenoxy) is 2. The third-order valence-corrected chi connectivity index (χ3v) is 8.55. The molecule has 1 saturated heterocycles. The lowest BCUT2D eigenvalue weighted by Gasteiger charge is -2.38. The van der Waals surface area contributed by atoms with Crippen molar-refractivity contribution >= 4 is 29.1 Å². The number of rotatable bonds is 4. The number of hydrogen-bond donors (Lipinski definition) is 0. The largest absolute Gasteiger partial charge is 0.497 e. The molecule has 1 fully saturated rings. The van der Waals surface area contributed by atoms with E-state index in [0.717, 1.165) is 0 Å². The van der Waals surface area contributed by atoms with Crippen LogP contribution in [0.25, 0.3) is 6.08 Å². The van der Waals surface area contributed by atoms with Crippen LogP contribution in [0.5, 0.6) is 11.5 Å². The van der Waals surface area contributed by atoms with Gasteiger partial charge in [-0.3, -0.25) is 14.4 Å². The lowest BCUT2D eigenvalue weighted by molar-refractivity contribution is -0.127. The lowest BCUT2D eigenvalue weighted by Crippen LogP contribution is -2.49. The molecule has 6 rings (SSSR count). The first-order valence-electron chi connectivity index (χ1n) is 13.3. The van der Waals surface area contributed by atoms with Crippen molar-refractivity contribution in [2.75, 3.05) is 19.1 Å². The van der Waals surface area contributed by atoms with E-state index in [1.807, 2.05) is 25.7 Å². The lowest BCUT2D eigenvalue weighted by atomic mass is 9.63.